The lowest BCUT2D eigenvalue weighted by Gasteiger charge is -2.42. The van der Waals surface area contributed by atoms with Gasteiger partial charge in [-0.25, -0.2) is 0 Å². The third-order valence-electron chi connectivity index (χ3n) is 3.76. The Balaban J connectivity index is 4.94. The van der Waals surface area contributed by atoms with Crippen molar-refractivity contribution in [2.24, 2.45) is 0 Å². The topological polar surface area (TPSA) is 9.23 Å². The van der Waals surface area contributed by atoms with Crippen molar-refractivity contribution < 1.29 is 4.43 Å². The molecule has 102 valence electrons. The van der Waals surface area contributed by atoms with E-state index in [-0.39, 0.29) is 0 Å². The van der Waals surface area contributed by atoms with E-state index in [1.165, 1.54) is 4.91 Å². The molecule has 0 saturated carbocycles. The molecule has 0 amide bonds. The summed E-state index contributed by atoms with van der Waals surface area (Å²) in [6.45, 7) is 16.9. The monoisotopic (exact) mass is 274 g/mol. The molecule has 1 nitrogen and oxygen atoms in total. The second kappa shape index (κ2) is 7.65. The zero-order chi connectivity index (χ0) is 13.6. The number of hydrogen-bond donors (Lipinski definition) is 0. The predicted molar refractivity (Wildman–Crippen MR) is 84.3 cm³/mol. The summed E-state index contributed by atoms with van der Waals surface area (Å²) in [5.74, 6) is 0. The van der Waals surface area contributed by atoms with Crippen molar-refractivity contribution in [3.05, 3.63) is 11.0 Å². The number of rotatable bonds is 7. The molecule has 0 atom stereocenters. The molecular formula is C14H30OSSi. The minimum absolute atomic E-state index is 0.669. The molecule has 0 saturated heterocycles. The number of thioether (sulfide) groups is 1. The van der Waals surface area contributed by atoms with Crippen molar-refractivity contribution in [2.45, 2.75) is 65.1 Å². The molecule has 0 rings (SSSR count). The summed E-state index contributed by atoms with van der Waals surface area (Å²) < 4.78 is 6.51. The molecule has 0 heterocycles. The minimum atomic E-state index is -1.68. The van der Waals surface area contributed by atoms with Gasteiger partial charge >= 0.3 is 0 Å². The molecule has 0 aliphatic rings. The van der Waals surface area contributed by atoms with Crippen molar-refractivity contribution in [1.82, 2.24) is 0 Å². The van der Waals surface area contributed by atoms with Crippen LogP contribution in [0.4, 0.5) is 0 Å². The summed E-state index contributed by atoms with van der Waals surface area (Å²) in [5, 5.41) is 0. The van der Waals surface area contributed by atoms with Crippen LogP contribution in [0.25, 0.3) is 0 Å². The van der Waals surface area contributed by atoms with E-state index in [9.17, 15) is 0 Å². The second-order valence-electron chi connectivity index (χ2n) is 5.57. The van der Waals surface area contributed by atoms with Gasteiger partial charge in [-0.15, -0.1) is 11.8 Å². The van der Waals surface area contributed by atoms with Crippen LogP contribution in [0, 0.1) is 0 Å². The molecule has 0 bridgehead atoms. The van der Waals surface area contributed by atoms with Crippen LogP contribution < -0.4 is 0 Å². The van der Waals surface area contributed by atoms with Gasteiger partial charge in [0, 0.05) is 4.91 Å². The Labute approximate surface area is 114 Å². The van der Waals surface area contributed by atoms with E-state index in [1.54, 1.807) is 11.8 Å². The highest BCUT2D eigenvalue weighted by Gasteiger charge is 2.44. The largest absolute Gasteiger partial charge is 0.411 e. The van der Waals surface area contributed by atoms with E-state index in [0.29, 0.717) is 16.6 Å². The van der Waals surface area contributed by atoms with Crippen molar-refractivity contribution in [1.29, 1.82) is 0 Å². The Morgan fingerprint density at radius 3 is 1.71 bits per heavy atom. The van der Waals surface area contributed by atoms with Crippen molar-refractivity contribution in [3.63, 3.8) is 0 Å². The van der Waals surface area contributed by atoms with Gasteiger partial charge in [0.25, 0.3) is 0 Å². The standard InChI is InChI=1S/C14H30OSSi/c1-9-14(16-8)10-15-17(11(2)3,12(4)5)13(6)7/h9,11-13H,10H2,1-8H3/b14-9-. The van der Waals surface area contributed by atoms with Crippen LogP contribution in [0.3, 0.4) is 0 Å². The summed E-state index contributed by atoms with van der Waals surface area (Å²) >= 11 is 1.80. The van der Waals surface area contributed by atoms with E-state index >= 15 is 0 Å². The Bertz CT molecular complexity index is 225. The maximum absolute atomic E-state index is 6.51. The molecule has 0 aromatic rings. The first-order valence-corrected chi connectivity index (χ1v) is 10.0. The highest BCUT2D eigenvalue weighted by molar-refractivity contribution is 8.02. The first kappa shape index (κ1) is 17.3. The molecule has 0 spiro atoms. The van der Waals surface area contributed by atoms with Gasteiger partial charge in [0.2, 0.25) is 8.32 Å². The molecule has 17 heavy (non-hydrogen) atoms. The molecule has 0 N–H and O–H groups in total. The maximum Gasteiger partial charge on any atom is 0.200 e. The molecule has 0 aliphatic carbocycles. The van der Waals surface area contributed by atoms with Crippen LogP contribution in [0.15, 0.2) is 11.0 Å². The fourth-order valence-electron chi connectivity index (χ4n) is 2.96. The fraction of sp³-hybridized carbons (Fsp3) is 0.857. The van der Waals surface area contributed by atoms with Gasteiger partial charge in [0.1, 0.15) is 0 Å². The van der Waals surface area contributed by atoms with Gasteiger partial charge in [-0.2, -0.15) is 0 Å². The molecule has 3 heteroatoms. The lowest BCUT2D eigenvalue weighted by molar-refractivity contribution is 0.313. The zero-order valence-electron chi connectivity index (χ0n) is 12.8. The Morgan fingerprint density at radius 2 is 1.47 bits per heavy atom. The van der Waals surface area contributed by atoms with E-state index in [0.717, 1.165) is 6.61 Å². The first-order chi connectivity index (χ1) is 7.82. The molecule has 0 unspecified atom stereocenters. The quantitative estimate of drug-likeness (QED) is 0.571. The lowest BCUT2D eigenvalue weighted by atomic mass is 10.5. The molecular weight excluding hydrogens is 244 g/mol. The average Bonchev–Trinajstić information content (AvgIpc) is 2.23. The summed E-state index contributed by atoms with van der Waals surface area (Å²) in [5.41, 5.74) is 2.01. The van der Waals surface area contributed by atoms with Crippen LogP contribution in [0.5, 0.6) is 0 Å². The second-order valence-corrected chi connectivity index (χ2v) is 12.0. The highest BCUT2D eigenvalue weighted by Crippen LogP contribution is 2.42. The van der Waals surface area contributed by atoms with E-state index < -0.39 is 8.32 Å². The van der Waals surface area contributed by atoms with Gasteiger partial charge in [-0.3, -0.25) is 0 Å². The van der Waals surface area contributed by atoms with Gasteiger partial charge in [-0.05, 0) is 29.8 Å². The van der Waals surface area contributed by atoms with E-state index in [2.05, 4.69) is 60.8 Å². The van der Waals surface area contributed by atoms with Crippen LogP contribution in [-0.2, 0) is 4.43 Å². The van der Waals surface area contributed by atoms with Crippen molar-refractivity contribution in [3.8, 4) is 0 Å². The fourth-order valence-corrected chi connectivity index (χ4v) is 8.88. The van der Waals surface area contributed by atoms with Crippen molar-refractivity contribution in [2.75, 3.05) is 12.9 Å². The highest BCUT2D eigenvalue weighted by atomic mass is 32.2. The maximum atomic E-state index is 6.51. The van der Waals surface area contributed by atoms with Gasteiger partial charge < -0.3 is 4.43 Å². The van der Waals surface area contributed by atoms with E-state index in [1.807, 2.05) is 0 Å². The number of hydrogen-bond acceptors (Lipinski definition) is 2. The predicted octanol–water partition coefficient (Wildman–Crippen LogP) is 5.45. The minimum Gasteiger partial charge on any atom is -0.411 e. The lowest BCUT2D eigenvalue weighted by Crippen LogP contribution is -2.48. The number of allylic oxidation sites excluding steroid dienone is 1. The molecule has 0 aromatic heterocycles. The molecule has 0 radical (unpaired) electrons. The Morgan fingerprint density at radius 1 is 1.06 bits per heavy atom. The normalized spacial score (nSPS) is 14.2. The van der Waals surface area contributed by atoms with Gasteiger partial charge in [0.05, 0.1) is 6.61 Å². The summed E-state index contributed by atoms with van der Waals surface area (Å²) in [7, 11) is -1.68. The Kier molecular flexibility index (Phi) is 7.77. The summed E-state index contributed by atoms with van der Waals surface area (Å²) in [4.78, 5) is 1.35. The van der Waals surface area contributed by atoms with Crippen LogP contribution in [0.1, 0.15) is 48.5 Å². The Hall–Kier alpha value is 0.267. The average molecular weight is 275 g/mol. The summed E-state index contributed by atoms with van der Waals surface area (Å²) in [6, 6.07) is 0. The van der Waals surface area contributed by atoms with Crippen LogP contribution in [0.2, 0.25) is 16.6 Å². The smallest absolute Gasteiger partial charge is 0.200 e. The SMILES string of the molecule is C/C=C(/CO[Si](C(C)C)(C(C)C)C(C)C)SC. The van der Waals surface area contributed by atoms with Crippen LogP contribution in [-0.4, -0.2) is 21.2 Å². The molecule has 0 fully saturated rings. The molecule has 0 aromatic carbocycles. The first-order valence-electron chi connectivity index (χ1n) is 6.65. The molecule has 0 aliphatic heterocycles. The van der Waals surface area contributed by atoms with E-state index in [4.69, 9.17) is 4.43 Å². The third kappa shape index (κ3) is 4.14. The van der Waals surface area contributed by atoms with Crippen molar-refractivity contribution >= 4 is 20.1 Å². The van der Waals surface area contributed by atoms with Gasteiger partial charge in [0.15, 0.2) is 0 Å². The van der Waals surface area contributed by atoms with Crippen LogP contribution >= 0.6 is 11.8 Å². The zero-order valence-corrected chi connectivity index (χ0v) is 14.6. The third-order valence-corrected chi connectivity index (χ3v) is 10.7. The van der Waals surface area contributed by atoms with Gasteiger partial charge in [-0.1, -0.05) is 47.6 Å². The summed E-state index contributed by atoms with van der Waals surface area (Å²) in [6.07, 6.45) is 4.30.